The third kappa shape index (κ3) is 3.03. The Morgan fingerprint density at radius 1 is 0.840 bits per heavy atom. The number of benzene rings is 3. The van der Waals surface area contributed by atoms with E-state index in [1.165, 1.54) is 0 Å². The van der Waals surface area contributed by atoms with Gasteiger partial charge in [-0.25, -0.2) is 4.79 Å². The lowest BCUT2D eigenvalue weighted by atomic mass is 10.00. The maximum Gasteiger partial charge on any atom is 0.347 e. The molecule has 0 aliphatic carbocycles. The van der Waals surface area contributed by atoms with Crippen molar-refractivity contribution in [3.8, 4) is 17.2 Å². The molecule has 0 saturated carbocycles. The Hall–Kier alpha value is -3.01. The van der Waals surface area contributed by atoms with Crippen LogP contribution in [0.5, 0.6) is 17.2 Å². The average Bonchev–Trinajstić information content (AvgIpc) is 2.62. The molecule has 0 heterocycles. The van der Waals surface area contributed by atoms with Crippen molar-refractivity contribution in [2.24, 2.45) is 0 Å². The second-order valence-electron chi connectivity index (χ2n) is 5.81. The first kappa shape index (κ1) is 16.8. The normalized spacial score (nSPS) is 10.6. The maximum atomic E-state index is 12.8. The van der Waals surface area contributed by atoms with Crippen molar-refractivity contribution in [3.63, 3.8) is 0 Å². The zero-order chi connectivity index (χ0) is 18.0. The number of ether oxygens (including phenoxy) is 3. The summed E-state index contributed by atoms with van der Waals surface area (Å²) >= 11 is 0. The molecule has 3 aromatic carbocycles. The van der Waals surface area contributed by atoms with E-state index in [1.807, 2.05) is 50.2 Å². The van der Waals surface area contributed by atoms with Gasteiger partial charge in [0.15, 0.2) is 0 Å². The lowest BCUT2D eigenvalue weighted by Gasteiger charge is -2.16. The van der Waals surface area contributed by atoms with Crippen molar-refractivity contribution in [2.75, 3.05) is 14.2 Å². The molecule has 0 bridgehead atoms. The summed E-state index contributed by atoms with van der Waals surface area (Å²) in [5, 5.41) is 1.74. The van der Waals surface area contributed by atoms with Crippen LogP contribution in [0.2, 0.25) is 0 Å². The fourth-order valence-electron chi connectivity index (χ4n) is 2.96. The minimum Gasteiger partial charge on any atom is -0.496 e. The Kier molecular flexibility index (Phi) is 4.61. The van der Waals surface area contributed by atoms with E-state index in [2.05, 4.69) is 0 Å². The number of rotatable bonds is 4. The minimum absolute atomic E-state index is 0.334. The second kappa shape index (κ2) is 6.85. The monoisotopic (exact) mass is 336 g/mol. The van der Waals surface area contributed by atoms with Crippen LogP contribution in [-0.4, -0.2) is 20.2 Å². The lowest BCUT2D eigenvalue weighted by Crippen LogP contribution is -2.11. The van der Waals surface area contributed by atoms with Crippen molar-refractivity contribution in [2.45, 2.75) is 13.8 Å². The number of fused-ring (bicyclic) bond motifs is 1. The predicted octanol–water partition coefficient (Wildman–Crippen LogP) is 4.69. The van der Waals surface area contributed by atoms with Gasteiger partial charge in [-0.3, -0.25) is 0 Å². The number of hydrogen-bond donors (Lipinski definition) is 0. The van der Waals surface area contributed by atoms with Gasteiger partial charge in [-0.2, -0.15) is 0 Å². The third-order valence-corrected chi connectivity index (χ3v) is 4.22. The average molecular weight is 336 g/mol. The molecule has 0 saturated heterocycles. The van der Waals surface area contributed by atoms with Crippen molar-refractivity contribution >= 4 is 16.7 Å². The molecule has 3 aromatic rings. The summed E-state index contributed by atoms with van der Waals surface area (Å²) in [6, 6.07) is 14.9. The lowest BCUT2D eigenvalue weighted by molar-refractivity contribution is 0.0730. The largest absolute Gasteiger partial charge is 0.496 e. The van der Waals surface area contributed by atoms with Gasteiger partial charge < -0.3 is 14.2 Å². The molecule has 0 spiro atoms. The molecule has 0 aromatic heterocycles. The number of aryl methyl sites for hydroxylation is 2. The molecule has 0 aliphatic rings. The van der Waals surface area contributed by atoms with Crippen LogP contribution in [0.15, 0.2) is 48.5 Å². The molecule has 0 fully saturated rings. The number of esters is 1. The zero-order valence-corrected chi connectivity index (χ0v) is 14.8. The highest BCUT2D eigenvalue weighted by molar-refractivity contribution is 6.05. The van der Waals surface area contributed by atoms with E-state index in [9.17, 15) is 4.79 Å². The van der Waals surface area contributed by atoms with Crippen LogP contribution < -0.4 is 14.2 Å². The topological polar surface area (TPSA) is 44.8 Å². The highest BCUT2D eigenvalue weighted by Gasteiger charge is 2.21. The number of methoxy groups -OCH3 is 2. The van der Waals surface area contributed by atoms with Crippen LogP contribution in [0.1, 0.15) is 21.5 Å². The quantitative estimate of drug-likeness (QED) is 0.512. The molecule has 0 atom stereocenters. The van der Waals surface area contributed by atoms with Crippen molar-refractivity contribution in [1.82, 2.24) is 0 Å². The standard InChI is InChI=1S/C21H20O4/c1-13-8-5-6-11-17(13)25-21(22)16-12-18(23-3)19-14(2)9-7-10-15(19)20(16)24-4/h5-12H,1-4H3. The van der Waals surface area contributed by atoms with Crippen molar-refractivity contribution in [1.29, 1.82) is 0 Å². The van der Waals surface area contributed by atoms with Crippen LogP contribution in [0.3, 0.4) is 0 Å². The van der Waals surface area contributed by atoms with Crippen molar-refractivity contribution < 1.29 is 19.0 Å². The number of carbonyl (C=O) groups excluding carboxylic acids is 1. The van der Waals surface area contributed by atoms with Crippen LogP contribution >= 0.6 is 0 Å². The van der Waals surface area contributed by atoms with Gasteiger partial charge in [0, 0.05) is 10.8 Å². The van der Waals surface area contributed by atoms with E-state index >= 15 is 0 Å². The van der Waals surface area contributed by atoms with Gasteiger partial charge in [-0.1, -0.05) is 36.4 Å². The van der Waals surface area contributed by atoms with E-state index in [-0.39, 0.29) is 0 Å². The van der Waals surface area contributed by atoms with Gasteiger partial charge in [0.05, 0.1) is 14.2 Å². The highest BCUT2D eigenvalue weighted by atomic mass is 16.5. The van der Waals surface area contributed by atoms with E-state index in [0.717, 1.165) is 21.9 Å². The fraction of sp³-hybridized carbons (Fsp3) is 0.190. The summed E-state index contributed by atoms with van der Waals surface area (Å²) in [6.07, 6.45) is 0. The van der Waals surface area contributed by atoms with Gasteiger partial charge in [0.2, 0.25) is 0 Å². The molecule has 128 valence electrons. The molecular weight excluding hydrogens is 316 g/mol. The first-order chi connectivity index (χ1) is 12.1. The molecule has 4 nitrogen and oxygen atoms in total. The first-order valence-corrected chi connectivity index (χ1v) is 7.99. The molecule has 0 N–H and O–H groups in total. The molecule has 0 radical (unpaired) electrons. The summed E-state index contributed by atoms with van der Waals surface area (Å²) in [5.74, 6) is 1.15. The van der Waals surface area contributed by atoms with E-state index < -0.39 is 5.97 Å². The SMILES string of the molecule is COc1c(C(=O)Oc2ccccc2C)cc(OC)c2c(C)cccc12. The molecule has 4 heteroatoms. The molecule has 0 aliphatic heterocycles. The third-order valence-electron chi connectivity index (χ3n) is 4.22. The van der Waals surface area contributed by atoms with Gasteiger partial charge >= 0.3 is 5.97 Å². The molecule has 25 heavy (non-hydrogen) atoms. The smallest absolute Gasteiger partial charge is 0.347 e. The van der Waals surface area contributed by atoms with Crippen LogP contribution in [0.4, 0.5) is 0 Å². The first-order valence-electron chi connectivity index (χ1n) is 7.99. The number of hydrogen-bond acceptors (Lipinski definition) is 4. The molecule has 0 amide bonds. The summed E-state index contributed by atoms with van der Waals surface area (Å²) in [6.45, 7) is 3.89. The fourth-order valence-corrected chi connectivity index (χ4v) is 2.96. The Labute approximate surface area is 146 Å². The molecule has 0 unspecified atom stereocenters. The van der Waals surface area contributed by atoms with E-state index in [4.69, 9.17) is 14.2 Å². The Morgan fingerprint density at radius 2 is 1.56 bits per heavy atom. The molecular formula is C21H20O4. The second-order valence-corrected chi connectivity index (χ2v) is 5.81. The van der Waals surface area contributed by atoms with Gasteiger partial charge in [-0.15, -0.1) is 0 Å². The summed E-state index contributed by atoms with van der Waals surface area (Å²) in [7, 11) is 3.14. The summed E-state index contributed by atoms with van der Waals surface area (Å²) < 4.78 is 16.6. The van der Waals surface area contributed by atoms with Crippen LogP contribution in [-0.2, 0) is 0 Å². The maximum absolute atomic E-state index is 12.8. The summed E-state index contributed by atoms with van der Waals surface area (Å²) in [5.41, 5.74) is 2.27. The van der Waals surface area contributed by atoms with Crippen LogP contribution in [0.25, 0.3) is 10.8 Å². The highest BCUT2D eigenvalue weighted by Crippen LogP contribution is 2.39. The van der Waals surface area contributed by atoms with Crippen LogP contribution in [0, 0.1) is 13.8 Å². The minimum atomic E-state index is -0.479. The van der Waals surface area contributed by atoms with E-state index in [0.29, 0.717) is 22.8 Å². The zero-order valence-electron chi connectivity index (χ0n) is 14.8. The predicted molar refractivity (Wildman–Crippen MR) is 97.9 cm³/mol. The Morgan fingerprint density at radius 3 is 2.24 bits per heavy atom. The Bertz CT molecular complexity index is 944. The van der Waals surface area contributed by atoms with Gasteiger partial charge in [0.1, 0.15) is 22.8 Å². The van der Waals surface area contributed by atoms with Crippen molar-refractivity contribution in [3.05, 3.63) is 65.2 Å². The number of carbonyl (C=O) groups is 1. The summed E-state index contributed by atoms with van der Waals surface area (Å²) in [4.78, 5) is 12.8. The van der Waals surface area contributed by atoms with E-state index in [1.54, 1.807) is 26.4 Å². The Balaban J connectivity index is 2.15. The van der Waals surface area contributed by atoms with Gasteiger partial charge in [0.25, 0.3) is 0 Å². The van der Waals surface area contributed by atoms with Gasteiger partial charge in [-0.05, 0) is 37.1 Å². The molecule has 3 rings (SSSR count). The number of para-hydroxylation sites is 1.